The SMILES string of the molecule is COC(=O)c1sc(NC(=O)c2cc(-c3ccc(Cl)c(Cl)c3)n[nH]2)c(C(=O)OC)c1C. The summed E-state index contributed by atoms with van der Waals surface area (Å²) < 4.78 is 9.50. The Hall–Kier alpha value is -2.88. The van der Waals surface area contributed by atoms with Crippen LogP contribution in [0.4, 0.5) is 5.00 Å². The second-order valence-corrected chi connectivity index (χ2v) is 7.83. The predicted octanol–water partition coefficient (Wildman–Crippen LogP) is 4.58. The van der Waals surface area contributed by atoms with Crippen molar-refractivity contribution in [2.24, 2.45) is 0 Å². The van der Waals surface area contributed by atoms with E-state index in [4.69, 9.17) is 32.7 Å². The van der Waals surface area contributed by atoms with Crippen LogP contribution in [0.1, 0.15) is 36.1 Å². The van der Waals surface area contributed by atoms with Crippen LogP contribution in [-0.4, -0.2) is 42.3 Å². The Labute approximate surface area is 185 Å². The molecule has 1 aromatic carbocycles. The van der Waals surface area contributed by atoms with Crippen molar-refractivity contribution < 1.29 is 23.9 Å². The molecule has 0 saturated carbocycles. The number of carbonyl (C=O) groups is 3. The number of nitrogens with zero attached hydrogens (tertiary/aromatic N) is 1. The van der Waals surface area contributed by atoms with Crippen LogP contribution in [0.25, 0.3) is 11.3 Å². The van der Waals surface area contributed by atoms with Crippen LogP contribution in [0.2, 0.25) is 10.0 Å². The lowest BCUT2D eigenvalue weighted by molar-refractivity contribution is 0.0601. The smallest absolute Gasteiger partial charge is 0.348 e. The van der Waals surface area contributed by atoms with Gasteiger partial charge in [-0.05, 0) is 30.7 Å². The van der Waals surface area contributed by atoms with E-state index in [9.17, 15) is 14.4 Å². The van der Waals surface area contributed by atoms with Crippen molar-refractivity contribution in [3.63, 3.8) is 0 Å². The first-order chi connectivity index (χ1) is 14.3. The van der Waals surface area contributed by atoms with E-state index in [1.165, 1.54) is 20.3 Å². The van der Waals surface area contributed by atoms with E-state index in [1.54, 1.807) is 25.1 Å². The summed E-state index contributed by atoms with van der Waals surface area (Å²) in [6.07, 6.45) is 0. The van der Waals surface area contributed by atoms with E-state index in [2.05, 4.69) is 15.5 Å². The number of halogens is 2. The third-order valence-electron chi connectivity index (χ3n) is 4.17. The third kappa shape index (κ3) is 4.18. The van der Waals surface area contributed by atoms with Crippen LogP contribution in [0.3, 0.4) is 0 Å². The second-order valence-electron chi connectivity index (χ2n) is 5.99. The quantitative estimate of drug-likeness (QED) is 0.531. The van der Waals surface area contributed by atoms with E-state index in [-0.39, 0.29) is 21.1 Å². The van der Waals surface area contributed by atoms with Crippen molar-refractivity contribution in [2.75, 3.05) is 19.5 Å². The monoisotopic (exact) mass is 467 g/mol. The fraction of sp³-hybridized carbons (Fsp3) is 0.158. The maximum absolute atomic E-state index is 12.7. The van der Waals surface area contributed by atoms with Gasteiger partial charge in [0, 0.05) is 5.56 Å². The number of ether oxygens (including phenoxy) is 2. The highest BCUT2D eigenvalue weighted by Gasteiger charge is 2.27. The predicted molar refractivity (Wildman–Crippen MR) is 114 cm³/mol. The fourth-order valence-corrected chi connectivity index (χ4v) is 4.05. The molecule has 2 aromatic heterocycles. The first kappa shape index (κ1) is 21.8. The molecule has 0 aliphatic carbocycles. The zero-order valence-electron chi connectivity index (χ0n) is 16.0. The Balaban J connectivity index is 1.91. The molecule has 2 N–H and O–H groups in total. The molecule has 11 heteroatoms. The van der Waals surface area contributed by atoms with Crippen LogP contribution in [-0.2, 0) is 9.47 Å². The molecule has 0 atom stereocenters. The van der Waals surface area contributed by atoms with Crippen molar-refractivity contribution in [1.29, 1.82) is 0 Å². The summed E-state index contributed by atoms with van der Waals surface area (Å²) >= 11 is 12.9. The highest BCUT2D eigenvalue weighted by molar-refractivity contribution is 7.18. The number of methoxy groups -OCH3 is 2. The second kappa shape index (κ2) is 8.86. The van der Waals surface area contributed by atoms with Gasteiger partial charge in [0.05, 0.1) is 35.5 Å². The van der Waals surface area contributed by atoms with E-state index in [1.807, 2.05) is 0 Å². The molecular weight excluding hydrogens is 453 g/mol. The molecular formula is C19H15Cl2N3O5S. The molecule has 0 spiro atoms. The van der Waals surface area contributed by atoms with E-state index in [0.717, 1.165) is 11.3 Å². The Bertz CT molecular complexity index is 1160. The molecule has 1 amide bonds. The number of benzene rings is 1. The number of hydrogen-bond acceptors (Lipinski definition) is 7. The minimum Gasteiger partial charge on any atom is -0.465 e. The van der Waals surface area contributed by atoms with Crippen molar-refractivity contribution in [3.8, 4) is 11.3 Å². The summed E-state index contributed by atoms with van der Waals surface area (Å²) in [4.78, 5) is 37.0. The lowest BCUT2D eigenvalue weighted by Crippen LogP contribution is -2.14. The third-order valence-corrected chi connectivity index (χ3v) is 6.10. The molecule has 0 radical (unpaired) electrons. The van der Waals surface area contributed by atoms with Crippen LogP contribution in [0.5, 0.6) is 0 Å². The number of hydrogen-bond donors (Lipinski definition) is 2. The summed E-state index contributed by atoms with van der Waals surface area (Å²) in [6.45, 7) is 1.57. The number of anilines is 1. The minimum atomic E-state index is -0.685. The summed E-state index contributed by atoms with van der Waals surface area (Å²) in [6, 6.07) is 6.49. The number of amides is 1. The highest BCUT2D eigenvalue weighted by Crippen LogP contribution is 2.34. The maximum Gasteiger partial charge on any atom is 0.348 e. The van der Waals surface area contributed by atoms with Gasteiger partial charge in [0.15, 0.2) is 0 Å². The topological polar surface area (TPSA) is 110 Å². The van der Waals surface area contributed by atoms with Gasteiger partial charge in [-0.1, -0.05) is 29.3 Å². The number of nitrogens with one attached hydrogen (secondary N) is 2. The van der Waals surface area contributed by atoms with Gasteiger partial charge in [0.1, 0.15) is 15.6 Å². The number of H-pyrrole nitrogens is 1. The van der Waals surface area contributed by atoms with Gasteiger partial charge in [-0.15, -0.1) is 11.3 Å². The molecule has 0 fully saturated rings. The lowest BCUT2D eigenvalue weighted by Gasteiger charge is -2.04. The maximum atomic E-state index is 12.7. The fourth-order valence-electron chi connectivity index (χ4n) is 2.65. The van der Waals surface area contributed by atoms with Crippen LogP contribution in [0, 0.1) is 6.92 Å². The average Bonchev–Trinajstić information content (AvgIpc) is 3.34. The molecule has 156 valence electrons. The minimum absolute atomic E-state index is 0.0838. The highest BCUT2D eigenvalue weighted by atomic mass is 35.5. The van der Waals surface area contributed by atoms with Crippen molar-refractivity contribution >= 4 is 57.4 Å². The van der Waals surface area contributed by atoms with Crippen LogP contribution >= 0.6 is 34.5 Å². The number of aromatic amines is 1. The Morgan fingerprint density at radius 1 is 1.07 bits per heavy atom. The number of aromatic nitrogens is 2. The van der Waals surface area contributed by atoms with Gasteiger partial charge in [0.2, 0.25) is 0 Å². The molecule has 0 bridgehead atoms. The molecule has 30 heavy (non-hydrogen) atoms. The van der Waals surface area contributed by atoms with Crippen molar-refractivity contribution in [1.82, 2.24) is 10.2 Å². The molecule has 0 aliphatic rings. The van der Waals surface area contributed by atoms with E-state index in [0.29, 0.717) is 26.9 Å². The number of carbonyl (C=O) groups excluding carboxylic acids is 3. The van der Waals surface area contributed by atoms with E-state index < -0.39 is 17.8 Å². The molecule has 3 rings (SSSR count). The first-order valence-electron chi connectivity index (χ1n) is 8.39. The van der Waals surface area contributed by atoms with Gasteiger partial charge < -0.3 is 14.8 Å². The number of esters is 2. The van der Waals surface area contributed by atoms with Gasteiger partial charge in [-0.3, -0.25) is 9.89 Å². The zero-order valence-corrected chi connectivity index (χ0v) is 18.3. The Kier molecular flexibility index (Phi) is 6.45. The van der Waals surface area contributed by atoms with E-state index >= 15 is 0 Å². The van der Waals surface area contributed by atoms with Crippen molar-refractivity contribution in [3.05, 3.63) is 56.0 Å². The summed E-state index contributed by atoms with van der Waals surface area (Å²) in [5, 5.41) is 10.3. The number of thiophene rings is 1. The molecule has 0 aliphatic heterocycles. The molecule has 0 unspecified atom stereocenters. The average molecular weight is 468 g/mol. The first-order valence-corrected chi connectivity index (χ1v) is 9.96. The zero-order chi connectivity index (χ0) is 22.0. The van der Waals surface area contributed by atoms with Gasteiger partial charge in [-0.25, -0.2) is 9.59 Å². The van der Waals surface area contributed by atoms with Gasteiger partial charge >= 0.3 is 11.9 Å². The van der Waals surface area contributed by atoms with Crippen LogP contribution < -0.4 is 5.32 Å². The lowest BCUT2D eigenvalue weighted by atomic mass is 10.1. The molecule has 8 nitrogen and oxygen atoms in total. The summed E-state index contributed by atoms with van der Waals surface area (Å²) in [5.74, 6) is -1.86. The summed E-state index contributed by atoms with van der Waals surface area (Å²) in [7, 11) is 2.44. The molecule has 2 heterocycles. The normalized spacial score (nSPS) is 10.6. The Morgan fingerprint density at radius 2 is 1.77 bits per heavy atom. The standard InChI is InChI=1S/C19H15Cl2N3O5S/c1-8-14(18(26)28-2)17(30-15(8)19(27)29-3)22-16(25)13-7-12(23-24-13)9-4-5-10(20)11(21)6-9/h4-7H,1-3H3,(H,22,25)(H,23,24). The largest absolute Gasteiger partial charge is 0.465 e. The van der Waals surface area contributed by atoms with Gasteiger partial charge in [0.25, 0.3) is 5.91 Å². The van der Waals surface area contributed by atoms with Gasteiger partial charge in [-0.2, -0.15) is 5.10 Å². The molecule has 0 saturated heterocycles. The summed E-state index contributed by atoms with van der Waals surface area (Å²) in [5.41, 5.74) is 1.72. The van der Waals surface area contributed by atoms with Crippen molar-refractivity contribution in [2.45, 2.75) is 6.92 Å². The number of rotatable bonds is 5. The molecule has 3 aromatic rings. The van der Waals surface area contributed by atoms with Crippen LogP contribution in [0.15, 0.2) is 24.3 Å². The Morgan fingerprint density at radius 3 is 2.40 bits per heavy atom.